The number of carboxylic acid groups (broad SMARTS) is 2. The van der Waals surface area contributed by atoms with E-state index in [4.69, 9.17) is 10.6 Å². The maximum Gasteiger partial charge on any atom is 0.352 e. The van der Waals surface area contributed by atoms with Crippen LogP contribution in [0.15, 0.2) is 124 Å². The number of nitrogens with two attached hydrogens (primary N) is 1. The number of aromatic nitrogens is 1. The van der Waals surface area contributed by atoms with Gasteiger partial charge in [0.1, 0.15) is 22.8 Å². The van der Waals surface area contributed by atoms with Gasteiger partial charge in [0.05, 0.1) is 6.42 Å². The number of carboxylic acids is 2. The normalized spacial score (nSPS) is 19.4. The van der Waals surface area contributed by atoms with Crippen molar-refractivity contribution in [3.63, 3.8) is 0 Å². The van der Waals surface area contributed by atoms with Crippen LogP contribution >= 0.6 is 23.1 Å². The number of oxime groups is 1. The van der Waals surface area contributed by atoms with Gasteiger partial charge in [-0.25, -0.2) is 9.78 Å². The maximum absolute atomic E-state index is 14.2. The molecule has 4 aromatic rings. The highest BCUT2D eigenvalue weighted by atomic mass is 32.2. The van der Waals surface area contributed by atoms with E-state index in [2.05, 4.69) is 20.8 Å². The highest BCUT2D eigenvalue weighted by Gasteiger charge is 2.55. The Morgan fingerprint density at radius 2 is 1.56 bits per heavy atom. The summed E-state index contributed by atoms with van der Waals surface area (Å²) in [5.74, 6) is -4.80. The number of nitrogens with zero attached hydrogens (tertiary/aromatic N) is 3. The van der Waals surface area contributed by atoms with Gasteiger partial charge in [0.25, 0.3) is 11.8 Å². The lowest BCUT2D eigenvalue weighted by Gasteiger charge is -2.49. The minimum absolute atomic E-state index is 0.0255. The molecule has 0 unspecified atom stereocenters. The second kappa shape index (κ2) is 15.0. The molecule has 7 rings (SSSR count). The van der Waals surface area contributed by atoms with E-state index >= 15 is 0 Å². The number of amides is 3. The molecule has 0 saturated carbocycles. The van der Waals surface area contributed by atoms with E-state index in [1.807, 2.05) is 91.0 Å². The Kier molecular flexibility index (Phi) is 10.0. The first-order valence-electron chi connectivity index (χ1n) is 16.7. The SMILES string of the molecule is Nc1nc(C(=NOC(c2ccccc2)(c2ccccc2)c2ccccc2)C(=O)N[C@@H]2C(=O)N3C(C(=O)O)=C(C(CC(=O)O)=C4CCNC4=O)CS[C@H]23)cs1. The number of β-lactam (4-membered cyclic amide) rings is 1. The summed E-state index contributed by atoms with van der Waals surface area (Å²) in [6.07, 6.45) is -0.390. The third-order valence-electron chi connectivity index (χ3n) is 9.24. The monoisotopic (exact) mass is 764 g/mol. The number of rotatable bonds is 12. The van der Waals surface area contributed by atoms with Crippen LogP contribution in [0, 0.1) is 0 Å². The summed E-state index contributed by atoms with van der Waals surface area (Å²) in [6.45, 7) is 0.279. The van der Waals surface area contributed by atoms with Crippen LogP contribution in [0.1, 0.15) is 35.2 Å². The summed E-state index contributed by atoms with van der Waals surface area (Å²) in [5.41, 5.74) is 6.44. The van der Waals surface area contributed by atoms with Crippen molar-refractivity contribution in [2.45, 2.75) is 29.9 Å². The van der Waals surface area contributed by atoms with Gasteiger partial charge in [-0.15, -0.1) is 23.1 Å². The summed E-state index contributed by atoms with van der Waals surface area (Å²) in [4.78, 5) is 76.9. The molecule has 4 heterocycles. The summed E-state index contributed by atoms with van der Waals surface area (Å²) in [5, 5.41) is 30.6. The number of thiazole rings is 1. The van der Waals surface area contributed by atoms with Crippen molar-refractivity contribution in [1.82, 2.24) is 20.5 Å². The van der Waals surface area contributed by atoms with Gasteiger partial charge in [0.2, 0.25) is 11.5 Å². The number of nitrogens with one attached hydrogen (secondary N) is 2. The van der Waals surface area contributed by atoms with Crippen molar-refractivity contribution in [2.24, 2.45) is 5.16 Å². The molecule has 0 aliphatic carbocycles. The van der Waals surface area contributed by atoms with E-state index in [1.54, 1.807) is 0 Å². The van der Waals surface area contributed by atoms with Gasteiger partial charge in [-0.2, -0.15) is 0 Å². The van der Waals surface area contributed by atoms with Crippen molar-refractivity contribution in [1.29, 1.82) is 0 Å². The lowest BCUT2D eigenvalue weighted by atomic mass is 9.80. The van der Waals surface area contributed by atoms with Crippen LogP contribution in [0.2, 0.25) is 0 Å². The third-order valence-corrected chi connectivity index (χ3v) is 11.2. The zero-order valence-electron chi connectivity index (χ0n) is 28.3. The Hall–Kier alpha value is -6.26. The largest absolute Gasteiger partial charge is 0.481 e. The maximum atomic E-state index is 14.2. The van der Waals surface area contributed by atoms with Crippen LogP contribution < -0.4 is 16.4 Å². The fourth-order valence-corrected chi connectivity index (χ4v) is 8.74. The first kappa shape index (κ1) is 36.1. The quantitative estimate of drug-likeness (QED) is 0.0463. The second-order valence-electron chi connectivity index (χ2n) is 12.4. The van der Waals surface area contributed by atoms with E-state index in [1.165, 1.54) is 5.38 Å². The van der Waals surface area contributed by atoms with E-state index < -0.39 is 58.8 Å². The molecule has 54 heavy (non-hydrogen) atoms. The predicted octanol–water partition coefficient (Wildman–Crippen LogP) is 3.47. The molecule has 2 atom stereocenters. The number of carbonyl (C=O) groups excluding carboxylic acids is 3. The minimum Gasteiger partial charge on any atom is -0.481 e. The number of aliphatic carboxylic acids is 2. The van der Waals surface area contributed by atoms with Crippen LogP contribution in [-0.4, -0.2) is 79.2 Å². The fourth-order valence-electron chi connectivity index (χ4n) is 6.81. The van der Waals surface area contributed by atoms with Crippen LogP contribution in [0.4, 0.5) is 5.13 Å². The van der Waals surface area contributed by atoms with Crippen LogP contribution in [0.25, 0.3) is 0 Å². The average molecular weight is 765 g/mol. The highest BCUT2D eigenvalue weighted by molar-refractivity contribution is 8.00. The molecular formula is C38H32N6O8S2. The zero-order chi connectivity index (χ0) is 38.0. The summed E-state index contributed by atoms with van der Waals surface area (Å²) in [6, 6.07) is 26.9. The Morgan fingerprint density at radius 3 is 2.04 bits per heavy atom. The van der Waals surface area contributed by atoms with Gasteiger partial charge in [-0.3, -0.25) is 24.1 Å². The first-order chi connectivity index (χ1) is 26.1. The van der Waals surface area contributed by atoms with Crippen molar-refractivity contribution in [3.05, 3.63) is 141 Å². The molecule has 0 bridgehead atoms. The Labute approximate surface area is 316 Å². The standard InChI is InChI=1S/C38H32N6O8S2/c39-37-41-27(20-54-37)29(43-52-38(21-10-4-1-5-11-21,22-12-6-2-7-13-22)23-14-8-3-9-15-23)33(48)42-30-34(49)44-31(36(50)51)26(19-53-35(30)44)25(18-28(45)46)24-16-17-40-32(24)47/h1-15,20,30,35H,16-19H2,(H2,39,41)(H,40,47)(H,42,48)(H,45,46)(H,50,51)/t30-,35-/m1/s1. The molecule has 3 amide bonds. The number of nitrogen functional groups attached to an aromatic ring is 1. The number of benzene rings is 3. The number of thioether (sulfide) groups is 1. The predicted molar refractivity (Wildman–Crippen MR) is 200 cm³/mol. The highest BCUT2D eigenvalue weighted by Crippen LogP contribution is 2.44. The Balaban J connectivity index is 1.25. The fraction of sp³-hybridized carbons (Fsp3) is 0.184. The molecule has 2 saturated heterocycles. The Bertz CT molecular complexity index is 2140. The molecule has 14 nitrogen and oxygen atoms in total. The van der Waals surface area contributed by atoms with Crippen molar-refractivity contribution in [2.75, 3.05) is 18.0 Å². The summed E-state index contributed by atoms with van der Waals surface area (Å²) >= 11 is 2.21. The van der Waals surface area contributed by atoms with E-state index in [9.17, 15) is 34.2 Å². The van der Waals surface area contributed by atoms with Gasteiger partial charge < -0.3 is 31.4 Å². The van der Waals surface area contributed by atoms with Crippen molar-refractivity contribution >= 4 is 63.6 Å². The van der Waals surface area contributed by atoms with E-state index in [-0.39, 0.29) is 52.0 Å². The topological polar surface area (TPSA) is 214 Å². The van der Waals surface area contributed by atoms with Crippen LogP contribution in [-0.2, 0) is 34.4 Å². The Morgan fingerprint density at radius 1 is 0.963 bits per heavy atom. The average Bonchev–Trinajstić information content (AvgIpc) is 3.82. The molecule has 16 heteroatoms. The van der Waals surface area contributed by atoms with Gasteiger partial charge in [-0.05, 0) is 17.6 Å². The van der Waals surface area contributed by atoms with E-state index in [0.29, 0.717) is 16.7 Å². The van der Waals surface area contributed by atoms with Gasteiger partial charge in [0, 0.05) is 39.9 Å². The van der Waals surface area contributed by atoms with Gasteiger partial charge in [0.15, 0.2) is 10.8 Å². The molecule has 3 aliphatic rings. The van der Waals surface area contributed by atoms with E-state index in [0.717, 1.165) is 28.0 Å². The van der Waals surface area contributed by atoms with Crippen LogP contribution in [0.5, 0.6) is 0 Å². The van der Waals surface area contributed by atoms with Gasteiger partial charge >= 0.3 is 11.9 Å². The molecule has 274 valence electrons. The van der Waals surface area contributed by atoms with Crippen molar-refractivity contribution in [3.8, 4) is 0 Å². The second-order valence-corrected chi connectivity index (χ2v) is 14.4. The molecule has 6 N–H and O–H groups in total. The van der Waals surface area contributed by atoms with Crippen molar-refractivity contribution < 1.29 is 39.0 Å². The molecule has 3 aliphatic heterocycles. The number of carbonyl (C=O) groups is 5. The molecule has 1 aromatic heterocycles. The molecule has 0 radical (unpaired) electrons. The number of hydrogen-bond acceptors (Lipinski definition) is 11. The summed E-state index contributed by atoms with van der Waals surface area (Å²) in [7, 11) is 0. The minimum atomic E-state index is -1.47. The lowest BCUT2D eigenvalue weighted by Crippen LogP contribution is -2.71. The lowest BCUT2D eigenvalue weighted by molar-refractivity contribution is -0.150. The number of fused-ring (bicyclic) bond motifs is 1. The molecule has 2 fully saturated rings. The first-order valence-corrected chi connectivity index (χ1v) is 18.6. The summed E-state index contributed by atoms with van der Waals surface area (Å²) < 4.78 is 0. The number of anilines is 1. The zero-order valence-corrected chi connectivity index (χ0v) is 29.9. The van der Waals surface area contributed by atoms with Crippen LogP contribution in [0.3, 0.4) is 0 Å². The third kappa shape index (κ3) is 6.60. The molecule has 0 spiro atoms. The molecule has 3 aromatic carbocycles. The van der Waals surface area contributed by atoms with Gasteiger partial charge in [-0.1, -0.05) is 96.2 Å². The molecular weight excluding hydrogens is 733 g/mol. The number of hydrogen-bond donors (Lipinski definition) is 5. The smallest absolute Gasteiger partial charge is 0.352 e.